The third-order valence-electron chi connectivity index (χ3n) is 6.94. The van der Waals surface area contributed by atoms with Gasteiger partial charge in [0.25, 0.3) is 0 Å². The van der Waals surface area contributed by atoms with Crippen LogP contribution in [0.25, 0.3) is 0 Å². The van der Waals surface area contributed by atoms with Crippen molar-refractivity contribution in [3.63, 3.8) is 0 Å². The summed E-state index contributed by atoms with van der Waals surface area (Å²) in [5, 5.41) is 9.26. The Morgan fingerprint density at radius 3 is 1.50 bits per heavy atom. The minimum atomic E-state index is -0.950. The lowest BCUT2D eigenvalue weighted by atomic mass is 10.0. The molecule has 0 aliphatic carbocycles. The van der Waals surface area contributed by atoms with Crippen molar-refractivity contribution in [1.82, 2.24) is 0 Å². The number of carbonyl (C=O) groups is 2. The predicted octanol–water partition coefficient (Wildman–Crippen LogP) is 9.96. The van der Waals surface area contributed by atoms with Gasteiger partial charge in [0.1, 0.15) is 6.61 Å². The second-order valence-electron chi connectivity index (χ2n) is 10.4. The van der Waals surface area contributed by atoms with Gasteiger partial charge in [0, 0.05) is 0 Å². The van der Waals surface area contributed by atoms with Gasteiger partial charge in [-0.05, 0) is 19.3 Å². The summed E-state index contributed by atoms with van der Waals surface area (Å²) in [5.74, 6) is -2.15. The number of aliphatic carboxylic acids is 1. The minimum absolute atomic E-state index is 0.0905. The van der Waals surface area contributed by atoms with Crippen LogP contribution in [0.2, 0.25) is 0 Å². The van der Waals surface area contributed by atoms with Crippen molar-refractivity contribution < 1.29 is 19.4 Å². The third-order valence-corrected chi connectivity index (χ3v) is 6.94. The van der Waals surface area contributed by atoms with E-state index in [1.165, 1.54) is 128 Å². The molecule has 1 N–H and O–H groups in total. The molecular weight excluding hydrogens is 448 g/mol. The molecule has 36 heavy (non-hydrogen) atoms. The maximum atomic E-state index is 11.6. The highest BCUT2D eigenvalue weighted by Crippen LogP contribution is 2.16. The standard InChI is InChI=1S/C32H58O4/c1-3-5-6-7-8-9-10-11-12-13-14-15-16-17-18-19-20-21-22-23-24-25-26-27-30(32(34)35)29-31(33)36-28-4-2/h4,25-26,30H,2-3,5-24,27-29H2,1H3,(H,34,35)/b26-25+. The predicted molar refractivity (Wildman–Crippen MR) is 153 cm³/mol. The van der Waals surface area contributed by atoms with E-state index in [0.29, 0.717) is 6.42 Å². The molecule has 0 aromatic carbocycles. The molecule has 0 rings (SSSR count). The molecule has 4 nitrogen and oxygen atoms in total. The van der Waals surface area contributed by atoms with Crippen molar-refractivity contribution in [3.8, 4) is 0 Å². The normalized spacial score (nSPS) is 12.1. The second-order valence-corrected chi connectivity index (χ2v) is 10.4. The van der Waals surface area contributed by atoms with E-state index in [1.54, 1.807) is 0 Å². The molecule has 0 aliphatic rings. The number of hydrogen-bond donors (Lipinski definition) is 1. The Kier molecular flexibility index (Phi) is 26.8. The zero-order chi connectivity index (χ0) is 26.5. The Balaban J connectivity index is 3.38. The van der Waals surface area contributed by atoms with Crippen LogP contribution in [0.1, 0.15) is 155 Å². The number of esters is 1. The topological polar surface area (TPSA) is 63.6 Å². The van der Waals surface area contributed by atoms with Crippen LogP contribution in [0.15, 0.2) is 24.8 Å². The monoisotopic (exact) mass is 506 g/mol. The fourth-order valence-corrected chi connectivity index (χ4v) is 4.58. The van der Waals surface area contributed by atoms with Gasteiger partial charge >= 0.3 is 11.9 Å². The van der Waals surface area contributed by atoms with Gasteiger partial charge in [-0.15, -0.1) is 0 Å². The van der Waals surface area contributed by atoms with E-state index in [2.05, 4.69) is 19.6 Å². The van der Waals surface area contributed by atoms with Crippen molar-refractivity contribution in [2.24, 2.45) is 5.92 Å². The van der Waals surface area contributed by atoms with E-state index in [-0.39, 0.29) is 13.0 Å². The van der Waals surface area contributed by atoms with Crippen molar-refractivity contribution in [2.45, 2.75) is 155 Å². The Bertz CT molecular complexity index is 540. The van der Waals surface area contributed by atoms with Gasteiger partial charge in [-0.1, -0.05) is 154 Å². The van der Waals surface area contributed by atoms with E-state index in [4.69, 9.17) is 4.74 Å². The highest BCUT2D eigenvalue weighted by Gasteiger charge is 2.20. The van der Waals surface area contributed by atoms with Gasteiger partial charge in [0.05, 0.1) is 12.3 Å². The van der Waals surface area contributed by atoms with Gasteiger partial charge < -0.3 is 9.84 Å². The molecule has 0 fully saturated rings. The SMILES string of the molecule is C=CCOC(=O)CC(C/C=C/CCCCCCCCCCCCCCCCCCCCCC)C(=O)O. The number of carboxylic acid groups (broad SMARTS) is 1. The molecule has 0 aliphatic heterocycles. The molecule has 0 aromatic heterocycles. The second kappa shape index (κ2) is 28.0. The molecule has 0 aromatic rings. The Hall–Kier alpha value is -1.58. The summed E-state index contributed by atoms with van der Waals surface area (Å²) in [4.78, 5) is 22.9. The first-order valence-corrected chi connectivity index (χ1v) is 15.3. The number of carboxylic acids is 1. The quantitative estimate of drug-likeness (QED) is 0.0651. The van der Waals surface area contributed by atoms with E-state index in [0.717, 1.165) is 12.8 Å². The summed E-state index contributed by atoms with van der Waals surface area (Å²) in [6, 6.07) is 0. The summed E-state index contributed by atoms with van der Waals surface area (Å²) >= 11 is 0. The molecule has 0 bridgehead atoms. The molecule has 0 amide bonds. The van der Waals surface area contributed by atoms with Crippen LogP contribution < -0.4 is 0 Å². The highest BCUT2D eigenvalue weighted by molar-refractivity contribution is 5.78. The average molecular weight is 507 g/mol. The molecule has 4 heteroatoms. The maximum absolute atomic E-state index is 11.6. The maximum Gasteiger partial charge on any atom is 0.307 e. The van der Waals surface area contributed by atoms with Crippen molar-refractivity contribution in [2.75, 3.05) is 6.61 Å². The largest absolute Gasteiger partial charge is 0.481 e. The number of rotatable bonds is 28. The fourth-order valence-electron chi connectivity index (χ4n) is 4.58. The number of unbranched alkanes of at least 4 members (excludes halogenated alkanes) is 20. The summed E-state index contributed by atoms with van der Waals surface area (Å²) in [6.07, 6.45) is 34.4. The van der Waals surface area contributed by atoms with Gasteiger partial charge in [-0.2, -0.15) is 0 Å². The van der Waals surface area contributed by atoms with E-state index >= 15 is 0 Å². The summed E-state index contributed by atoms with van der Waals surface area (Å²) in [6.45, 7) is 5.89. The average Bonchev–Trinajstić information content (AvgIpc) is 2.87. The third kappa shape index (κ3) is 25.5. The van der Waals surface area contributed by atoms with Crippen molar-refractivity contribution >= 4 is 11.9 Å². The lowest BCUT2D eigenvalue weighted by Crippen LogP contribution is -2.19. The number of allylic oxidation sites excluding steroid dienone is 2. The smallest absolute Gasteiger partial charge is 0.307 e. The van der Waals surface area contributed by atoms with E-state index in [9.17, 15) is 14.7 Å². The molecule has 0 heterocycles. The number of ether oxygens (including phenoxy) is 1. The molecule has 0 saturated heterocycles. The van der Waals surface area contributed by atoms with Crippen LogP contribution in [-0.4, -0.2) is 23.7 Å². The Morgan fingerprint density at radius 1 is 0.694 bits per heavy atom. The summed E-state index contributed by atoms with van der Waals surface area (Å²) in [7, 11) is 0. The molecule has 0 radical (unpaired) electrons. The minimum Gasteiger partial charge on any atom is -0.481 e. The van der Waals surface area contributed by atoms with Crippen molar-refractivity contribution in [3.05, 3.63) is 24.8 Å². The fraction of sp³-hybridized carbons (Fsp3) is 0.812. The van der Waals surface area contributed by atoms with Gasteiger partial charge in [0.15, 0.2) is 0 Å². The molecule has 1 atom stereocenters. The van der Waals surface area contributed by atoms with Crippen molar-refractivity contribution in [1.29, 1.82) is 0 Å². The van der Waals surface area contributed by atoms with Crippen LogP contribution in [0, 0.1) is 5.92 Å². The van der Waals surface area contributed by atoms with Crippen LogP contribution >= 0.6 is 0 Å². The lowest BCUT2D eigenvalue weighted by Gasteiger charge is -2.09. The zero-order valence-electron chi connectivity index (χ0n) is 23.7. The first kappa shape index (κ1) is 34.4. The Labute approximate surface area is 223 Å². The van der Waals surface area contributed by atoms with Crippen LogP contribution in [0.3, 0.4) is 0 Å². The highest BCUT2D eigenvalue weighted by atomic mass is 16.5. The lowest BCUT2D eigenvalue weighted by molar-refractivity contribution is -0.150. The van der Waals surface area contributed by atoms with Crippen LogP contribution in [-0.2, 0) is 14.3 Å². The first-order chi connectivity index (χ1) is 17.6. The van der Waals surface area contributed by atoms with Crippen LogP contribution in [0.5, 0.6) is 0 Å². The van der Waals surface area contributed by atoms with Gasteiger partial charge in [-0.3, -0.25) is 9.59 Å². The zero-order valence-corrected chi connectivity index (χ0v) is 23.7. The Morgan fingerprint density at radius 2 is 1.11 bits per heavy atom. The van der Waals surface area contributed by atoms with Crippen LogP contribution in [0.4, 0.5) is 0 Å². The summed E-state index contributed by atoms with van der Waals surface area (Å²) in [5.41, 5.74) is 0. The summed E-state index contributed by atoms with van der Waals surface area (Å²) < 4.78 is 4.88. The van der Waals surface area contributed by atoms with E-state index in [1.807, 2.05) is 6.08 Å². The molecule has 0 saturated carbocycles. The van der Waals surface area contributed by atoms with Gasteiger partial charge in [-0.25, -0.2) is 0 Å². The molecule has 0 spiro atoms. The molecule has 210 valence electrons. The first-order valence-electron chi connectivity index (χ1n) is 15.3. The van der Waals surface area contributed by atoms with E-state index < -0.39 is 17.9 Å². The number of hydrogen-bond acceptors (Lipinski definition) is 3. The van der Waals surface area contributed by atoms with Gasteiger partial charge in [0.2, 0.25) is 0 Å². The number of carbonyl (C=O) groups excluding carboxylic acids is 1. The molecule has 1 unspecified atom stereocenters. The molecular formula is C32H58O4.